The molecule has 0 saturated heterocycles. The fourth-order valence-corrected chi connectivity index (χ4v) is 2.86. The lowest BCUT2D eigenvalue weighted by atomic mass is 10.2. The monoisotopic (exact) mass is 381 g/mol. The fraction of sp³-hybridized carbons (Fsp3) is 0.714. The molecule has 0 amide bonds. The number of benzene rings is 1. The molecule has 0 radical (unpaired) electrons. The van der Waals surface area contributed by atoms with Crippen LogP contribution in [-0.2, 0) is 14.2 Å². The number of anilines is 3. The molecule has 0 aliphatic rings. The lowest BCUT2D eigenvalue weighted by Gasteiger charge is -2.30. The molecule has 6 heteroatoms. The number of hydrogen-bond donors (Lipinski definition) is 0. The van der Waals surface area contributed by atoms with Gasteiger partial charge in [0.05, 0.1) is 0 Å². The maximum absolute atomic E-state index is 5.69. The summed E-state index contributed by atoms with van der Waals surface area (Å²) in [5, 5.41) is 0. The SMILES string of the molecule is CCOCN(CC)c1cc(N(CC)CC)cc(N(COCC)COCC)c1. The Kier molecular flexibility index (Phi) is 11.9. The first-order chi connectivity index (χ1) is 13.1. The summed E-state index contributed by atoms with van der Waals surface area (Å²) >= 11 is 0. The Morgan fingerprint density at radius 3 is 1.22 bits per heavy atom. The molecule has 1 aromatic carbocycles. The number of ether oxygens (including phenoxy) is 3. The van der Waals surface area contributed by atoms with Crippen LogP contribution in [0.4, 0.5) is 17.1 Å². The van der Waals surface area contributed by atoms with E-state index in [1.54, 1.807) is 0 Å². The van der Waals surface area contributed by atoms with Crippen molar-refractivity contribution in [3.63, 3.8) is 0 Å². The summed E-state index contributed by atoms with van der Waals surface area (Å²) in [6, 6.07) is 6.68. The van der Waals surface area contributed by atoms with Crippen molar-refractivity contribution in [3.05, 3.63) is 18.2 Å². The van der Waals surface area contributed by atoms with Crippen LogP contribution in [0.15, 0.2) is 18.2 Å². The summed E-state index contributed by atoms with van der Waals surface area (Å²) in [7, 11) is 0. The number of rotatable bonds is 15. The van der Waals surface area contributed by atoms with Crippen LogP contribution in [0.5, 0.6) is 0 Å². The zero-order valence-corrected chi connectivity index (χ0v) is 18.2. The largest absolute Gasteiger partial charge is 0.372 e. The summed E-state index contributed by atoms with van der Waals surface area (Å²) in [4.78, 5) is 6.75. The Hall–Kier alpha value is -1.50. The van der Waals surface area contributed by atoms with Gasteiger partial charge in [-0.2, -0.15) is 0 Å². The quantitative estimate of drug-likeness (QED) is 0.425. The van der Waals surface area contributed by atoms with E-state index in [1.165, 1.54) is 5.69 Å². The van der Waals surface area contributed by atoms with Gasteiger partial charge in [-0.25, -0.2) is 0 Å². The van der Waals surface area contributed by atoms with Crippen molar-refractivity contribution < 1.29 is 14.2 Å². The molecular formula is C21H39N3O3. The lowest BCUT2D eigenvalue weighted by molar-refractivity contribution is 0.0960. The van der Waals surface area contributed by atoms with Gasteiger partial charge in [-0.15, -0.1) is 0 Å². The summed E-state index contributed by atoms with van der Waals surface area (Å²) in [5.74, 6) is 0. The zero-order valence-electron chi connectivity index (χ0n) is 18.2. The Labute approximate surface area is 166 Å². The first-order valence-corrected chi connectivity index (χ1v) is 10.3. The van der Waals surface area contributed by atoms with Crippen LogP contribution >= 0.6 is 0 Å². The highest BCUT2D eigenvalue weighted by molar-refractivity contribution is 5.69. The normalized spacial score (nSPS) is 10.9. The van der Waals surface area contributed by atoms with Gasteiger partial charge in [0.1, 0.15) is 20.2 Å². The maximum Gasteiger partial charge on any atom is 0.120 e. The van der Waals surface area contributed by atoms with Crippen LogP contribution < -0.4 is 14.7 Å². The van der Waals surface area contributed by atoms with Crippen LogP contribution in [0.3, 0.4) is 0 Å². The summed E-state index contributed by atoms with van der Waals surface area (Å²) in [5.41, 5.74) is 3.47. The molecule has 0 aromatic heterocycles. The van der Waals surface area contributed by atoms with Crippen molar-refractivity contribution >= 4 is 17.1 Å². The Balaban J connectivity index is 3.28. The minimum Gasteiger partial charge on any atom is -0.372 e. The number of nitrogens with zero attached hydrogens (tertiary/aromatic N) is 3. The number of hydrogen-bond acceptors (Lipinski definition) is 6. The summed E-state index contributed by atoms with van der Waals surface area (Å²) in [6.07, 6.45) is 0. The average molecular weight is 382 g/mol. The van der Waals surface area contributed by atoms with Crippen LogP contribution in [0.1, 0.15) is 41.5 Å². The second-order valence-electron chi connectivity index (χ2n) is 6.14. The predicted molar refractivity (Wildman–Crippen MR) is 115 cm³/mol. The summed E-state index contributed by atoms with van der Waals surface area (Å²) < 4.78 is 17.0. The van der Waals surface area contributed by atoms with Gasteiger partial charge in [-0.3, -0.25) is 0 Å². The smallest absolute Gasteiger partial charge is 0.120 e. The minimum atomic E-state index is 0.509. The standard InChI is InChI=1S/C21H39N3O3/c1-7-22(8-2)19-13-20(23(9-3)16-25-10-4)15-21(14-19)24(17-26-11-5)18-27-12-6/h13-15H,7-12,16-18H2,1-6H3. The molecule has 27 heavy (non-hydrogen) atoms. The van der Waals surface area contributed by atoms with E-state index in [2.05, 4.69) is 53.7 Å². The second-order valence-corrected chi connectivity index (χ2v) is 6.14. The Bertz CT molecular complexity index is 501. The highest BCUT2D eigenvalue weighted by Crippen LogP contribution is 2.30. The van der Waals surface area contributed by atoms with E-state index >= 15 is 0 Å². The lowest BCUT2D eigenvalue weighted by Crippen LogP contribution is -2.31. The molecule has 0 aliphatic heterocycles. The van der Waals surface area contributed by atoms with E-state index in [0.717, 1.165) is 31.0 Å². The van der Waals surface area contributed by atoms with Crippen LogP contribution in [0.2, 0.25) is 0 Å². The van der Waals surface area contributed by atoms with Crippen molar-refractivity contribution in [2.75, 3.05) is 74.3 Å². The van der Waals surface area contributed by atoms with Gasteiger partial charge in [-0.05, 0) is 59.7 Å². The van der Waals surface area contributed by atoms with Gasteiger partial charge in [0.25, 0.3) is 0 Å². The molecule has 6 nitrogen and oxygen atoms in total. The Morgan fingerprint density at radius 1 is 0.519 bits per heavy atom. The van der Waals surface area contributed by atoms with Gasteiger partial charge >= 0.3 is 0 Å². The molecule has 0 N–H and O–H groups in total. The molecule has 0 saturated carbocycles. The van der Waals surface area contributed by atoms with Crippen LogP contribution in [0, 0.1) is 0 Å². The third-order valence-electron chi connectivity index (χ3n) is 4.48. The fourth-order valence-electron chi connectivity index (χ4n) is 2.86. The molecular weight excluding hydrogens is 342 g/mol. The van der Waals surface area contributed by atoms with Gasteiger partial charge < -0.3 is 28.9 Å². The molecule has 0 unspecified atom stereocenters. The molecule has 1 aromatic rings. The summed E-state index contributed by atoms with van der Waals surface area (Å²) in [6.45, 7) is 19.1. The van der Waals surface area contributed by atoms with E-state index in [0.29, 0.717) is 40.0 Å². The average Bonchev–Trinajstić information content (AvgIpc) is 2.69. The van der Waals surface area contributed by atoms with Crippen molar-refractivity contribution in [2.45, 2.75) is 41.5 Å². The van der Waals surface area contributed by atoms with Crippen molar-refractivity contribution in [3.8, 4) is 0 Å². The van der Waals surface area contributed by atoms with E-state index < -0.39 is 0 Å². The van der Waals surface area contributed by atoms with Gasteiger partial charge in [0.2, 0.25) is 0 Å². The van der Waals surface area contributed by atoms with Crippen molar-refractivity contribution in [1.82, 2.24) is 0 Å². The predicted octanol–water partition coefficient (Wildman–Crippen LogP) is 4.15. The first-order valence-electron chi connectivity index (χ1n) is 10.3. The highest BCUT2D eigenvalue weighted by Gasteiger charge is 2.15. The van der Waals surface area contributed by atoms with E-state index in [1.807, 2.05) is 20.8 Å². The third kappa shape index (κ3) is 7.56. The molecule has 0 fully saturated rings. The van der Waals surface area contributed by atoms with Gasteiger partial charge in [-0.1, -0.05) is 0 Å². The first kappa shape index (κ1) is 23.5. The molecule has 0 aliphatic carbocycles. The van der Waals surface area contributed by atoms with Crippen molar-refractivity contribution in [1.29, 1.82) is 0 Å². The minimum absolute atomic E-state index is 0.509. The second kappa shape index (κ2) is 13.6. The van der Waals surface area contributed by atoms with E-state index in [-0.39, 0.29) is 0 Å². The van der Waals surface area contributed by atoms with E-state index in [9.17, 15) is 0 Å². The van der Waals surface area contributed by atoms with E-state index in [4.69, 9.17) is 14.2 Å². The molecule has 0 atom stereocenters. The van der Waals surface area contributed by atoms with Gasteiger partial charge in [0, 0.05) is 56.5 Å². The van der Waals surface area contributed by atoms with Gasteiger partial charge in [0.15, 0.2) is 0 Å². The topological polar surface area (TPSA) is 37.4 Å². The molecule has 0 bridgehead atoms. The highest BCUT2D eigenvalue weighted by atomic mass is 16.5. The molecule has 156 valence electrons. The zero-order chi connectivity index (χ0) is 20.1. The maximum atomic E-state index is 5.69. The molecule has 1 rings (SSSR count). The van der Waals surface area contributed by atoms with Crippen molar-refractivity contribution in [2.24, 2.45) is 0 Å². The van der Waals surface area contributed by atoms with Crippen LogP contribution in [0.25, 0.3) is 0 Å². The molecule has 0 spiro atoms. The molecule has 0 heterocycles. The van der Waals surface area contributed by atoms with Crippen LogP contribution in [-0.4, -0.2) is 59.6 Å². The third-order valence-corrected chi connectivity index (χ3v) is 4.48. The Morgan fingerprint density at radius 2 is 0.852 bits per heavy atom.